The summed E-state index contributed by atoms with van der Waals surface area (Å²) in [6, 6.07) is 16.5. The molecule has 0 aliphatic heterocycles. The van der Waals surface area contributed by atoms with Gasteiger partial charge in [-0.05, 0) is 43.0 Å². The first kappa shape index (κ1) is 11.8. The van der Waals surface area contributed by atoms with Gasteiger partial charge in [-0.15, -0.1) is 0 Å². The van der Waals surface area contributed by atoms with Crippen LogP contribution < -0.4 is 0 Å². The second kappa shape index (κ2) is 5.61. The van der Waals surface area contributed by atoms with Crippen LogP contribution in [0.3, 0.4) is 0 Å². The van der Waals surface area contributed by atoms with E-state index in [4.69, 9.17) is 0 Å². The lowest BCUT2D eigenvalue weighted by molar-refractivity contribution is 0.984. The van der Waals surface area contributed by atoms with Crippen molar-refractivity contribution < 1.29 is 0 Å². The summed E-state index contributed by atoms with van der Waals surface area (Å²) in [4.78, 5) is 8.78. The lowest BCUT2D eigenvalue weighted by Crippen LogP contribution is -1.94. The van der Waals surface area contributed by atoms with Crippen LogP contribution in [0.1, 0.15) is 11.3 Å². The highest BCUT2D eigenvalue weighted by Gasteiger charge is 1.99. The summed E-state index contributed by atoms with van der Waals surface area (Å²) in [7, 11) is 0. The van der Waals surface area contributed by atoms with Crippen LogP contribution in [-0.2, 0) is 12.8 Å². The molecule has 1 radical (unpaired) electrons. The van der Waals surface area contributed by atoms with Gasteiger partial charge in [-0.2, -0.15) is 0 Å². The van der Waals surface area contributed by atoms with Gasteiger partial charge in [-0.1, -0.05) is 30.3 Å². The Kier molecular flexibility index (Phi) is 3.50. The first-order valence-electron chi connectivity index (χ1n) is 6.47. The maximum absolute atomic E-state index is 4.66. The fourth-order valence-electron chi connectivity index (χ4n) is 2.13. The number of rotatable bonds is 4. The van der Waals surface area contributed by atoms with Gasteiger partial charge in [-0.25, -0.2) is 0 Å². The van der Waals surface area contributed by atoms with Crippen LogP contribution in [0.4, 0.5) is 0 Å². The number of fused-ring (bicyclic) bond motifs is 1. The zero-order valence-corrected chi connectivity index (χ0v) is 10.7. The molecule has 93 valence electrons. The molecule has 0 aliphatic carbocycles. The number of pyridine rings is 2. The third kappa shape index (κ3) is 2.97. The molecule has 1 aromatic carbocycles. The quantitative estimate of drug-likeness (QED) is 0.703. The molecule has 3 aromatic rings. The van der Waals surface area contributed by atoms with Crippen molar-refractivity contribution in [1.29, 1.82) is 0 Å². The van der Waals surface area contributed by atoms with Gasteiger partial charge in [-0.3, -0.25) is 9.97 Å². The molecule has 19 heavy (non-hydrogen) atoms. The van der Waals surface area contributed by atoms with E-state index in [2.05, 4.69) is 46.7 Å². The van der Waals surface area contributed by atoms with E-state index in [1.54, 1.807) is 6.20 Å². The number of benzene rings is 1. The zero-order valence-electron chi connectivity index (χ0n) is 10.7. The number of nitrogens with zero attached hydrogens (tertiary/aromatic N) is 2. The average molecular weight is 247 g/mol. The molecule has 0 saturated carbocycles. The van der Waals surface area contributed by atoms with Crippen LogP contribution >= 0.6 is 0 Å². The first-order valence-corrected chi connectivity index (χ1v) is 6.47. The standard InChI is InChI=1S/C17H15N2/c1-2-9-17-15(7-1)10-11-16(19-17)8-3-5-14-6-4-12-18-13-14/h1-4,6-7,9-13H,5,8H2. The molecule has 0 spiro atoms. The number of hydrogen-bond donors (Lipinski definition) is 0. The number of para-hydroxylation sites is 1. The van der Waals surface area contributed by atoms with Crippen molar-refractivity contribution in [2.75, 3.05) is 0 Å². The maximum Gasteiger partial charge on any atom is 0.0705 e. The van der Waals surface area contributed by atoms with Crippen LogP contribution in [0.15, 0.2) is 60.9 Å². The molecule has 0 fully saturated rings. The second-order valence-electron chi connectivity index (χ2n) is 4.55. The van der Waals surface area contributed by atoms with E-state index in [1.165, 1.54) is 10.9 Å². The monoisotopic (exact) mass is 247 g/mol. The van der Waals surface area contributed by atoms with Crippen molar-refractivity contribution in [3.63, 3.8) is 0 Å². The van der Waals surface area contributed by atoms with Gasteiger partial charge < -0.3 is 0 Å². The van der Waals surface area contributed by atoms with Crippen molar-refractivity contribution in [1.82, 2.24) is 9.97 Å². The van der Waals surface area contributed by atoms with Crippen molar-refractivity contribution >= 4 is 10.9 Å². The molecule has 0 unspecified atom stereocenters. The van der Waals surface area contributed by atoms with Gasteiger partial charge in [0.2, 0.25) is 0 Å². The molecular weight excluding hydrogens is 232 g/mol. The molecule has 0 aliphatic rings. The summed E-state index contributed by atoms with van der Waals surface area (Å²) in [5.41, 5.74) is 3.42. The Morgan fingerprint density at radius 1 is 0.895 bits per heavy atom. The van der Waals surface area contributed by atoms with E-state index < -0.39 is 0 Å². The van der Waals surface area contributed by atoms with E-state index in [0.29, 0.717) is 0 Å². The Balaban J connectivity index is 1.65. The fraction of sp³-hybridized carbons (Fsp3) is 0.118. The van der Waals surface area contributed by atoms with Crippen LogP contribution in [0.2, 0.25) is 0 Å². The maximum atomic E-state index is 4.66. The third-order valence-corrected chi connectivity index (χ3v) is 3.11. The first-order chi connectivity index (χ1) is 9.42. The van der Waals surface area contributed by atoms with Gasteiger partial charge in [0.1, 0.15) is 0 Å². The molecule has 2 heteroatoms. The summed E-state index contributed by atoms with van der Waals surface area (Å²) in [5.74, 6) is 0. The average Bonchev–Trinajstić information content (AvgIpc) is 2.48. The SMILES string of the molecule is [CH](Cc1cccnc1)Cc1ccc2ccccc2n1. The Morgan fingerprint density at radius 2 is 1.84 bits per heavy atom. The summed E-state index contributed by atoms with van der Waals surface area (Å²) in [6.45, 7) is 0. The molecule has 0 bridgehead atoms. The van der Waals surface area contributed by atoms with Crippen molar-refractivity contribution in [3.8, 4) is 0 Å². The summed E-state index contributed by atoms with van der Waals surface area (Å²) >= 11 is 0. The molecule has 3 rings (SSSR count). The molecule has 0 saturated heterocycles. The minimum Gasteiger partial charge on any atom is -0.264 e. The summed E-state index contributed by atoms with van der Waals surface area (Å²) in [5, 5.41) is 1.19. The van der Waals surface area contributed by atoms with Gasteiger partial charge in [0.15, 0.2) is 0 Å². The Morgan fingerprint density at radius 3 is 2.74 bits per heavy atom. The predicted molar refractivity (Wildman–Crippen MR) is 77.7 cm³/mol. The van der Waals surface area contributed by atoms with E-state index in [1.807, 2.05) is 24.4 Å². The molecule has 2 nitrogen and oxygen atoms in total. The predicted octanol–water partition coefficient (Wildman–Crippen LogP) is 3.62. The number of aromatic nitrogens is 2. The fourth-order valence-corrected chi connectivity index (χ4v) is 2.13. The molecule has 0 atom stereocenters. The Labute approximate surface area is 113 Å². The Hall–Kier alpha value is -2.22. The molecule has 2 aromatic heterocycles. The van der Waals surface area contributed by atoms with E-state index >= 15 is 0 Å². The largest absolute Gasteiger partial charge is 0.264 e. The van der Waals surface area contributed by atoms with Crippen LogP contribution in [0.25, 0.3) is 10.9 Å². The minimum atomic E-state index is 0.889. The normalized spacial score (nSPS) is 10.7. The van der Waals surface area contributed by atoms with Crippen molar-refractivity contribution in [2.45, 2.75) is 12.8 Å². The zero-order chi connectivity index (χ0) is 12.9. The Bertz CT molecular complexity index is 662. The second-order valence-corrected chi connectivity index (χ2v) is 4.55. The molecule has 0 amide bonds. The topological polar surface area (TPSA) is 25.8 Å². The molecule has 0 N–H and O–H groups in total. The molecular formula is C17H15N2. The smallest absolute Gasteiger partial charge is 0.0705 e. The highest BCUT2D eigenvalue weighted by Crippen LogP contribution is 2.13. The third-order valence-electron chi connectivity index (χ3n) is 3.11. The lowest BCUT2D eigenvalue weighted by Gasteiger charge is -2.03. The minimum absolute atomic E-state index is 0.889. The van der Waals surface area contributed by atoms with Crippen molar-refractivity contribution in [3.05, 3.63) is 78.6 Å². The van der Waals surface area contributed by atoms with E-state index in [-0.39, 0.29) is 0 Å². The van der Waals surface area contributed by atoms with Gasteiger partial charge >= 0.3 is 0 Å². The lowest BCUT2D eigenvalue weighted by atomic mass is 10.1. The summed E-state index contributed by atoms with van der Waals surface area (Å²) in [6.07, 6.45) is 7.77. The van der Waals surface area contributed by atoms with Crippen molar-refractivity contribution in [2.24, 2.45) is 0 Å². The summed E-state index contributed by atoms with van der Waals surface area (Å²) < 4.78 is 0. The van der Waals surface area contributed by atoms with Crippen LogP contribution in [0.5, 0.6) is 0 Å². The van der Waals surface area contributed by atoms with Gasteiger partial charge in [0.05, 0.1) is 5.52 Å². The van der Waals surface area contributed by atoms with Crippen LogP contribution in [0, 0.1) is 6.42 Å². The van der Waals surface area contributed by atoms with Gasteiger partial charge in [0.25, 0.3) is 0 Å². The highest BCUT2D eigenvalue weighted by molar-refractivity contribution is 5.78. The van der Waals surface area contributed by atoms with Crippen LogP contribution in [-0.4, -0.2) is 9.97 Å². The van der Waals surface area contributed by atoms with E-state index in [9.17, 15) is 0 Å². The number of hydrogen-bond acceptors (Lipinski definition) is 2. The van der Waals surface area contributed by atoms with E-state index in [0.717, 1.165) is 24.1 Å². The van der Waals surface area contributed by atoms with Gasteiger partial charge in [0, 0.05) is 23.5 Å². The molecule has 2 heterocycles. The highest BCUT2D eigenvalue weighted by atomic mass is 14.7.